The second-order valence-electron chi connectivity index (χ2n) is 8.19. The van der Waals surface area contributed by atoms with E-state index in [0.717, 1.165) is 28.3 Å². The number of carboxylic acid groups (broad SMARTS) is 1. The predicted molar refractivity (Wildman–Crippen MR) is 116 cm³/mol. The second kappa shape index (κ2) is 9.97. The van der Waals surface area contributed by atoms with E-state index in [-0.39, 0.29) is 0 Å². The van der Waals surface area contributed by atoms with Gasteiger partial charge >= 0.3 is 5.97 Å². The number of aromatic nitrogens is 1. The number of nitrogens with one attached hydrogen (secondary N) is 1. The third kappa shape index (κ3) is 5.21. The van der Waals surface area contributed by atoms with Crippen LogP contribution in [0.3, 0.4) is 0 Å². The van der Waals surface area contributed by atoms with Crippen LogP contribution in [-0.4, -0.2) is 28.8 Å². The molecule has 2 aromatic rings. The molecule has 0 amide bonds. The SMILES string of the molecule is COc1cccc(Cn2c(C)c(CNC3CCCCCCC3)c(C(=O)O)c2C)c1. The Kier molecular flexibility index (Phi) is 7.37. The van der Waals surface area contributed by atoms with Crippen molar-refractivity contribution in [3.05, 3.63) is 52.3 Å². The maximum atomic E-state index is 12.1. The molecule has 0 radical (unpaired) electrons. The minimum atomic E-state index is -0.843. The van der Waals surface area contributed by atoms with Gasteiger partial charge in [-0.25, -0.2) is 4.79 Å². The summed E-state index contributed by atoms with van der Waals surface area (Å²) in [7, 11) is 1.66. The number of benzene rings is 1. The van der Waals surface area contributed by atoms with Crippen molar-refractivity contribution in [1.29, 1.82) is 0 Å². The smallest absolute Gasteiger partial charge is 0.337 e. The molecule has 1 aromatic heterocycles. The van der Waals surface area contributed by atoms with E-state index < -0.39 is 5.97 Å². The summed E-state index contributed by atoms with van der Waals surface area (Å²) < 4.78 is 7.45. The van der Waals surface area contributed by atoms with Crippen molar-refractivity contribution in [3.63, 3.8) is 0 Å². The number of hydrogen-bond acceptors (Lipinski definition) is 3. The van der Waals surface area contributed by atoms with Crippen molar-refractivity contribution in [3.8, 4) is 5.75 Å². The van der Waals surface area contributed by atoms with E-state index in [2.05, 4.69) is 9.88 Å². The summed E-state index contributed by atoms with van der Waals surface area (Å²) in [4.78, 5) is 12.1. The number of rotatable bonds is 7. The second-order valence-corrected chi connectivity index (χ2v) is 8.19. The zero-order valence-corrected chi connectivity index (χ0v) is 18.0. The van der Waals surface area contributed by atoms with Crippen molar-refractivity contribution in [2.45, 2.75) is 77.9 Å². The lowest BCUT2D eigenvalue weighted by molar-refractivity contribution is 0.0694. The van der Waals surface area contributed by atoms with Gasteiger partial charge in [0.05, 0.1) is 12.7 Å². The van der Waals surface area contributed by atoms with E-state index in [1.807, 2.05) is 38.1 Å². The molecule has 3 rings (SSSR count). The third-order valence-corrected chi connectivity index (χ3v) is 6.27. The van der Waals surface area contributed by atoms with Crippen LogP contribution in [0.4, 0.5) is 0 Å². The highest BCUT2D eigenvalue weighted by molar-refractivity contribution is 5.91. The standard InChI is InChI=1S/C24H34N2O3/c1-17-22(15-25-20-11-7-5-4-6-8-12-20)23(24(27)28)18(2)26(17)16-19-10-9-13-21(14-19)29-3/h9-10,13-14,20,25H,4-8,11-12,15-16H2,1-3H3,(H,27,28). The number of hydrogen-bond donors (Lipinski definition) is 2. The van der Waals surface area contributed by atoms with Crippen LogP contribution in [0.5, 0.6) is 5.75 Å². The molecule has 1 aliphatic rings. The molecule has 5 nitrogen and oxygen atoms in total. The average molecular weight is 399 g/mol. The average Bonchev–Trinajstić information content (AvgIpc) is 2.91. The molecule has 1 saturated carbocycles. The molecule has 5 heteroatoms. The first-order chi connectivity index (χ1) is 14.0. The van der Waals surface area contributed by atoms with E-state index in [4.69, 9.17) is 4.74 Å². The number of carboxylic acids is 1. The van der Waals surface area contributed by atoms with Gasteiger partial charge in [0.1, 0.15) is 5.75 Å². The summed E-state index contributed by atoms with van der Waals surface area (Å²) in [5.41, 5.74) is 4.30. The van der Waals surface area contributed by atoms with Gasteiger partial charge in [-0.15, -0.1) is 0 Å². The molecule has 0 atom stereocenters. The Morgan fingerprint density at radius 1 is 1.14 bits per heavy atom. The van der Waals surface area contributed by atoms with Crippen LogP contribution in [-0.2, 0) is 13.1 Å². The van der Waals surface area contributed by atoms with Crippen LogP contribution in [0.1, 0.15) is 77.8 Å². The molecule has 0 spiro atoms. The van der Waals surface area contributed by atoms with Crippen molar-refractivity contribution >= 4 is 5.97 Å². The first-order valence-corrected chi connectivity index (χ1v) is 10.8. The highest BCUT2D eigenvalue weighted by Gasteiger charge is 2.23. The largest absolute Gasteiger partial charge is 0.497 e. The van der Waals surface area contributed by atoms with Crippen LogP contribution < -0.4 is 10.1 Å². The normalized spacial score (nSPS) is 15.7. The minimum absolute atomic E-state index is 0.448. The Hall–Kier alpha value is -2.27. The Bertz CT molecular complexity index is 833. The van der Waals surface area contributed by atoms with Gasteiger partial charge in [-0.1, -0.05) is 44.2 Å². The fourth-order valence-electron chi connectivity index (χ4n) is 4.55. The van der Waals surface area contributed by atoms with Gasteiger partial charge < -0.3 is 19.7 Å². The molecule has 0 saturated heterocycles. The Balaban J connectivity index is 1.82. The molecule has 1 heterocycles. The molecule has 29 heavy (non-hydrogen) atoms. The van der Waals surface area contributed by atoms with Gasteiger partial charge in [0.15, 0.2) is 0 Å². The Morgan fingerprint density at radius 3 is 2.48 bits per heavy atom. The maximum absolute atomic E-state index is 12.1. The van der Waals surface area contributed by atoms with Crippen LogP contribution in [0, 0.1) is 13.8 Å². The predicted octanol–water partition coefficient (Wildman–Crippen LogP) is 5.06. The van der Waals surface area contributed by atoms with Crippen molar-refractivity contribution in [1.82, 2.24) is 9.88 Å². The van der Waals surface area contributed by atoms with E-state index >= 15 is 0 Å². The van der Waals surface area contributed by atoms with E-state index in [9.17, 15) is 9.90 Å². The van der Waals surface area contributed by atoms with Gasteiger partial charge in [-0.05, 0) is 44.4 Å². The quantitative estimate of drug-likeness (QED) is 0.684. The fourth-order valence-corrected chi connectivity index (χ4v) is 4.55. The third-order valence-electron chi connectivity index (χ3n) is 6.27. The number of aromatic carboxylic acids is 1. The lowest BCUT2D eigenvalue weighted by atomic mass is 9.96. The van der Waals surface area contributed by atoms with Crippen molar-refractivity contribution in [2.75, 3.05) is 7.11 Å². The lowest BCUT2D eigenvalue weighted by Crippen LogP contribution is -2.30. The highest BCUT2D eigenvalue weighted by atomic mass is 16.5. The van der Waals surface area contributed by atoms with Gasteiger partial charge in [-0.2, -0.15) is 0 Å². The summed E-state index contributed by atoms with van der Waals surface area (Å²) in [5, 5.41) is 13.6. The zero-order chi connectivity index (χ0) is 20.8. The van der Waals surface area contributed by atoms with Crippen LogP contribution in [0.2, 0.25) is 0 Å². The van der Waals surface area contributed by atoms with Crippen molar-refractivity contribution in [2.24, 2.45) is 0 Å². The molecule has 1 aromatic carbocycles. The zero-order valence-electron chi connectivity index (χ0n) is 18.0. The molecule has 1 aliphatic carbocycles. The highest BCUT2D eigenvalue weighted by Crippen LogP contribution is 2.26. The Morgan fingerprint density at radius 2 is 1.83 bits per heavy atom. The van der Waals surface area contributed by atoms with Crippen LogP contribution in [0.25, 0.3) is 0 Å². The monoisotopic (exact) mass is 398 g/mol. The van der Waals surface area contributed by atoms with E-state index in [1.54, 1.807) is 7.11 Å². The summed E-state index contributed by atoms with van der Waals surface area (Å²) >= 11 is 0. The molecule has 2 N–H and O–H groups in total. The topological polar surface area (TPSA) is 63.5 Å². The van der Waals surface area contributed by atoms with Crippen LogP contribution >= 0.6 is 0 Å². The number of methoxy groups -OCH3 is 1. The number of nitrogens with zero attached hydrogens (tertiary/aromatic N) is 1. The van der Waals surface area contributed by atoms with Crippen LogP contribution in [0.15, 0.2) is 24.3 Å². The summed E-state index contributed by atoms with van der Waals surface area (Å²) in [6.45, 7) is 5.20. The first-order valence-electron chi connectivity index (χ1n) is 10.8. The fraction of sp³-hybridized carbons (Fsp3) is 0.542. The molecule has 0 aliphatic heterocycles. The molecule has 0 bridgehead atoms. The number of carbonyl (C=O) groups is 1. The lowest BCUT2D eigenvalue weighted by Gasteiger charge is -2.21. The maximum Gasteiger partial charge on any atom is 0.337 e. The summed E-state index contributed by atoms with van der Waals surface area (Å²) in [6.07, 6.45) is 8.87. The molecule has 1 fully saturated rings. The molecular formula is C24H34N2O3. The first kappa shape index (κ1) is 21.4. The van der Waals surface area contributed by atoms with Gasteiger partial charge in [0, 0.05) is 36.1 Å². The molecule has 158 valence electrons. The minimum Gasteiger partial charge on any atom is -0.497 e. The van der Waals surface area contributed by atoms with Gasteiger partial charge in [0.2, 0.25) is 0 Å². The van der Waals surface area contributed by atoms with Crippen molar-refractivity contribution < 1.29 is 14.6 Å². The Labute approximate surface area is 174 Å². The van der Waals surface area contributed by atoms with Gasteiger partial charge in [0.25, 0.3) is 0 Å². The van der Waals surface area contributed by atoms with E-state index in [0.29, 0.717) is 24.7 Å². The molecule has 0 unspecified atom stereocenters. The molecular weight excluding hydrogens is 364 g/mol. The number of ether oxygens (including phenoxy) is 1. The van der Waals surface area contributed by atoms with E-state index in [1.165, 1.54) is 44.9 Å². The summed E-state index contributed by atoms with van der Waals surface area (Å²) in [5.74, 6) is -0.0287. The van der Waals surface area contributed by atoms with Gasteiger partial charge in [-0.3, -0.25) is 0 Å². The summed E-state index contributed by atoms with van der Waals surface area (Å²) in [6, 6.07) is 8.43.